The van der Waals surface area contributed by atoms with Gasteiger partial charge >= 0.3 is 0 Å². The second-order valence-corrected chi connectivity index (χ2v) is 6.90. The number of fused-ring (bicyclic) bond motifs is 1. The molecule has 1 aliphatic heterocycles. The lowest BCUT2D eigenvalue weighted by atomic mass is 10.2. The zero-order valence-corrected chi connectivity index (χ0v) is 14.8. The van der Waals surface area contributed by atoms with Gasteiger partial charge < -0.3 is 14.2 Å². The molecule has 7 heteroatoms. The summed E-state index contributed by atoms with van der Waals surface area (Å²) in [6, 6.07) is 11.2. The quantitative estimate of drug-likeness (QED) is 0.668. The van der Waals surface area contributed by atoms with E-state index in [9.17, 15) is 9.59 Å². The van der Waals surface area contributed by atoms with E-state index in [4.69, 9.17) is 4.42 Å². The molecule has 0 atom stereocenters. The van der Waals surface area contributed by atoms with E-state index in [1.165, 1.54) is 17.4 Å². The topological polar surface area (TPSA) is 66.7 Å². The van der Waals surface area contributed by atoms with E-state index in [0.29, 0.717) is 37.7 Å². The molecular weight excluding hydrogens is 350 g/mol. The van der Waals surface area contributed by atoms with Crippen LogP contribution in [0.2, 0.25) is 0 Å². The van der Waals surface area contributed by atoms with Crippen LogP contribution in [0.3, 0.4) is 0 Å². The molecule has 26 heavy (non-hydrogen) atoms. The number of hydrogen-bond donors (Lipinski definition) is 0. The molecule has 0 N–H and O–H groups in total. The number of thiophene rings is 1. The molecule has 2 aromatic heterocycles. The molecule has 0 saturated carbocycles. The Labute approximate surface area is 154 Å². The number of benzene rings is 1. The number of hydrogen-bond acceptors (Lipinski definition) is 5. The molecule has 1 fully saturated rings. The molecular formula is C19H17N3O3S. The van der Waals surface area contributed by atoms with Crippen molar-refractivity contribution in [1.29, 1.82) is 0 Å². The molecule has 3 heterocycles. The van der Waals surface area contributed by atoms with Crippen LogP contribution in [0.15, 0.2) is 52.3 Å². The number of aromatic nitrogens is 1. The van der Waals surface area contributed by atoms with Crippen LogP contribution in [-0.4, -0.2) is 52.8 Å². The SMILES string of the molecule is O=C(/C=C/c1nc2ccccc2o1)N1CCN(C(=O)c2cccs2)CC1. The third kappa shape index (κ3) is 3.39. The van der Waals surface area contributed by atoms with Gasteiger partial charge in [-0.25, -0.2) is 4.98 Å². The van der Waals surface area contributed by atoms with Gasteiger partial charge in [0.15, 0.2) is 5.58 Å². The third-order valence-electron chi connectivity index (χ3n) is 4.29. The summed E-state index contributed by atoms with van der Waals surface area (Å²) in [6.07, 6.45) is 3.06. The predicted molar refractivity (Wildman–Crippen MR) is 99.8 cm³/mol. The summed E-state index contributed by atoms with van der Waals surface area (Å²) in [5.41, 5.74) is 1.46. The summed E-state index contributed by atoms with van der Waals surface area (Å²) in [4.78, 5) is 33.3. The Hall–Kier alpha value is -2.93. The average molecular weight is 367 g/mol. The average Bonchev–Trinajstić information content (AvgIpc) is 3.35. The summed E-state index contributed by atoms with van der Waals surface area (Å²) < 4.78 is 5.58. The Kier molecular flexibility index (Phi) is 4.53. The molecule has 0 spiro atoms. The maximum atomic E-state index is 12.4. The lowest BCUT2D eigenvalue weighted by Crippen LogP contribution is -2.50. The first-order chi connectivity index (χ1) is 12.7. The van der Waals surface area contributed by atoms with Crippen LogP contribution in [0.25, 0.3) is 17.2 Å². The monoisotopic (exact) mass is 367 g/mol. The molecule has 1 saturated heterocycles. The summed E-state index contributed by atoms with van der Waals surface area (Å²) >= 11 is 1.44. The fourth-order valence-electron chi connectivity index (χ4n) is 2.90. The maximum Gasteiger partial charge on any atom is 0.264 e. The molecule has 2 amide bonds. The van der Waals surface area contributed by atoms with Gasteiger partial charge in [-0.05, 0) is 23.6 Å². The van der Waals surface area contributed by atoms with Crippen molar-refractivity contribution < 1.29 is 14.0 Å². The molecule has 6 nitrogen and oxygen atoms in total. The minimum atomic E-state index is -0.101. The highest BCUT2D eigenvalue weighted by Crippen LogP contribution is 2.16. The van der Waals surface area contributed by atoms with Gasteiger partial charge in [-0.3, -0.25) is 9.59 Å². The number of carbonyl (C=O) groups is 2. The first kappa shape index (κ1) is 16.5. The lowest BCUT2D eigenvalue weighted by Gasteiger charge is -2.34. The van der Waals surface area contributed by atoms with E-state index in [1.807, 2.05) is 41.8 Å². The molecule has 4 rings (SSSR count). The summed E-state index contributed by atoms with van der Waals surface area (Å²) in [6.45, 7) is 2.13. The molecule has 3 aromatic rings. The van der Waals surface area contributed by atoms with Crippen molar-refractivity contribution in [3.63, 3.8) is 0 Å². The standard InChI is InChI=1S/C19H17N3O3S/c23-18(8-7-17-20-14-4-1-2-5-15(14)25-17)21-9-11-22(12-10-21)19(24)16-6-3-13-26-16/h1-8,13H,9-12H2/b8-7+. The third-order valence-corrected chi connectivity index (χ3v) is 5.15. The molecule has 1 aliphatic rings. The van der Waals surface area contributed by atoms with Gasteiger partial charge in [0, 0.05) is 38.3 Å². The van der Waals surface area contributed by atoms with Crippen LogP contribution in [0, 0.1) is 0 Å². The summed E-state index contributed by atoms with van der Waals surface area (Å²) in [7, 11) is 0. The number of nitrogens with zero attached hydrogens (tertiary/aromatic N) is 3. The van der Waals surface area contributed by atoms with Gasteiger partial charge in [-0.2, -0.15) is 0 Å². The van der Waals surface area contributed by atoms with Crippen molar-refractivity contribution in [3.05, 3.63) is 58.6 Å². The molecule has 0 aliphatic carbocycles. The van der Waals surface area contributed by atoms with Crippen molar-refractivity contribution in [3.8, 4) is 0 Å². The summed E-state index contributed by atoms with van der Waals surface area (Å²) in [5.74, 6) is 0.343. The van der Waals surface area contributed by atoms with Crippen LogP contribution in [-0.2, 0) is 4.79 Å². The van der Waals surface area contributed by atoms with Crippen molar-refractivity contribution >= 4 is 40.3 Å². The highest BCUT2D eigenvalue weighted by molar-refractivity contribution is 7.12. The maximum absolute atomic E-state index is 12.4. The predicted octanol–water partition coefficient (Wildman–Crippen LogP) is 2.89. The highest BCUT2D eigenvalue weighted by Gasteiger charge is 2.24. The van der Waals surface area contributed by atoms with E-state index in [1.54, 1.807) is 15.9 Å². The molecule has 0 radical (unpaired) electrons. The highest BCUT2D eigenvalue weighted by atomic mass is 32.1. The van der Waals surface area contributed by atoms with E-state index in [-0.39, 0.29) is 11.8 Å². The summed E-state index contributed by atoms with van der Waals surface area (Å²) in [5, 5.41) is 1.89. The number of para-hydroxylation sites is 2. The Morgan fingerprint density at radius 1 is 1.04 bits per heavy atom. The first-order valence-electron chi connectivity index (χ1n) is 8.36. The smallest absolute Gasteiger partial charge is 0.264 e. The Bertz CT molecular complexity index is 920. The zero-order chi connectivity index (χ0) is 17.9. The van der Waals surface area contributed by atoms with E-state index >= 15 is 0 Å². The fourth-order valence-corrected chi connectivity index (χ4v) is 3.59. The number of oxazole rings is 1. The van der Waals surface area contributed by atoms with E-state index in [2.05, 4.69) is 4.98 Å². The van der Waals surface area contributed by atoms with Crippen LogP contribution < -0.4 is 0 Å². The van der Waals surface area contributed by atoms with Gasteiger partial charge in [-0.15, -0.1) is 11.3 Å². The van der Waals surface area contributed by atoms with E-state index < -0.39 is 0 Å². The van der Waals surface area contributed by atoms with Gasteiger partial charge in [0.25, 0.3) is 5.91 Å². The Morgan fingerprint density at radius 3 is 2.54 bits per heavy atom. The van der Waals surface area contributed by atoms with Crippen LogP contribution in [0.1, 0.15) is 15.6 Å². The van der Waals surface area contributed by atoms with Crippen molar-refractivity contribution in [2.24, 2.45) is 0 Å². The second kappa shape index (κ2) is 7.13. The normalized spacial score (nSPS) is 15.1. The molecule has 1 aromatic carbocycles. The minimum Gasteiger partial charge on any atom is -0.437 e. The van der Waals surface area contributed by atoms with Crippen molar-refractivity contribution in [2.75, 3.05) is 26.2 Å². The number of rotatable bonds is 3. The van der Waals surface area contributed by atoms with Gasteiger partial charge in [0.05, 0.1) is 4.88 Å². The van der Waals surface area contributed by atoms with Crippen LogP contribution in [0.5, 0.6) is 0 Å². The zero-order valence-electron chi connectivity index (χ0n) is 14.0. The second-order valence-electron chi connectivity index (χ2n) is 5.95. The Balaban J connectivity index is 1.35. The fraction of sp³-hybridized carbons (Fsp3) is 0.211. The molecule has 132 valence electrons. The van der Waals surface area contributed by atoms with Gasteiger partial charge in [-0.1, -0.05) is 18.2 Å². The largest absolute Gasteiger partial charge is 0.437 e. The first-order valence-corrected chi connectivity index (χ1v) is 9.24. The molecule has 0 bridgehead atoms. The van der Waals surface area contributed by atoms with Gasteiger partial charge in [0.1, 0.15) is 5.52 Å². The van der Waals surface area contributed by atoms with Gasteiger partial charge in [0.2, 0.25) is 11.8 Å². The number of amides is 2. The van der Waals surface area contributed by atoms with Crippen molar-refractivity contribution in [1.82, 2.24) is 14.8 Å². The van der Waals surface area contributed by atoms with Crippen molar-refractivity contribution in [2.45, 2.75) is 0 Å². The number of carbonyl (C=O) groups excluding carboxylic acids is 2. The number of piperazine rings is 1. The Morgan fingerprint density at radius 2 is 1.81 bits per heavy atom. The molecule has 0 unspecified atom stereocenters. The van der Waals surface area contributed by atoms with Crippen LogP contribution in [0.4, 0.5) is 0 Å². The van der Waals surface area contributed by atoms with Crippen LogP contribution >= 0.6 is 11.3 Å². The lowest BCUT2D eigenvalue weighted by molar-refractivity contribution is -0.127. The van der Waals surface area contributed by atoms with E-state index in [0.717, 1.165) is 10.4 Å². The minimum absolute atomic E-state index is 0.0362.